The predicted octanol–water partition coefficient (Wildman–Crippen LogP) is 2.86. The van der Waals surface area contributed by atoms with Crippen LogP contribution in [0.4, 0.5) is 13.2 Å². The molecule has 1 heterocycles. The summed E-state index contributed by atoms with van der Waals surface area (Å²) in [6.45, 7) is 3.22. The quantitative estimate of drug-likeness (QED) is 0.844. The van der Waals surface area contributed by atoms with E-state index in [1.807, 2.05) is 13.8 Å². The topological polar surface area (TPSA) is 34.4 Å². The molecular formula is C11H16F3NO2. The molecule has 1 aromatic rings. The molecule has 98 valence electrons. The van der Waals surface area contributed by atoms with Gasteiger partial charge in [-0.25, -0.2) is 0 Å². The van der Waals surface area contributed by atoms with Gasteiger partial charge in [0.05, 0.1) is 6.26 Å². The van der Waals surface area contributed by atoms with Crippen molar-refractivity contribution in [2.24, 2.45) is 0 Å². The van der Waals surface area contributed by atoms with E-state index in [1.54, 1.807) is 6.07 Å². The number of halogens is 3. The molecule has 0 saturated heterocycles. The summed E-state index contributed by atoms with van der Waals surface area (Å²) in [7, 11) is 0. The maximum absolute atomic E-state index is 11.8. The van der Waals surface area contributed by atoms with Gasteiger partial charge in [0.2, 0.25) is 0 Å². The maximum atomic E-state index is 11.8. The third-order valence-electron chi connectivity index (χ3n) is 1.93. The minimum Gasteiger partial charge on any atom is -0.467 e. The van der Waals surface area contributed by atoms with E-state index in [-0.39, 0.29) is 6.61 Å². The summed E-state index contributed by atoms with van der Waals surface area (Å²) in [5.41, 5.74) is 0.893. The van der Waals surface area contributed by atoms with Crippen LogP contribution in [0.25, 0.3) is 0 Å². The summed E-state index contributed by atoms with van der Waals surface area (Å²) >= 11 is 0. The average Bonchev–Trinajstić information content (AvgIpc) is 2.61. The minimum atomic E-state index is -4.30. The van der Waals surface area contributed by atoms with Gasteiger partial charge in [0.1, 0.15) is 19.0 Å². The van der Waals surface area contributed by atoms with Gasteiger partial charge < -0.3 is 14.5 Å². The third kappa shape index (κ3) is 6.33. The summed E-state index contributed by atoms with van der Waals surface area (Å²) in [6, 6.07) is 2.03. The second-order valence-electron chi connectivity index (χ2n) is 4.06. The molecule has 0 aliphatic heterocycles. The standard InChI is InChI=1S/C11H16F3NO2/c1-8(2)15-4-9-3-10(17-5-9)6-16-7-11(12,13)14/h3,5,8,15H,4,6-7H2,1-2H3. The highest BCUT2D eigenvalue weighted by Gasteiger charge is 2.27. The van der Waals surface area contributed by atoms with E-state index >= 15 is 0 Å². The van der Waals surface area contributed by atoms with Crippen LogP contribution in [-0.4, -0.2) is 18.8 Å². The van der Waals surface area contributed by atoms with Crippen molar-refractivity contribution in [3.8, 4) is 0 Å². The highest BCUT2D eigenvalue weighted by Crippen LogP contribution is 2.16. The summed E-state index contributed by atoms with van der Waals surface area (Å²) in [5.74, 6) is 0.398. The van der Waals surface area contributed by atoms with Gasteiger partial charge in [-0.05, 0) is 6.07 Å². The van der Waals surface area contributed by atoms with Crippen LogP contribution in [0.3, 0.4) is 0 Å². The van der Waals surface area contributed by atoms with E-state index in [9.17, 15) is 13.2 Å². The van der Waals surface area contributed by atoms with Gasteiger partial charge >= 0.3 is 6.18 Å². The molecule has 6 heteroatoms. The Morgan fingerprint density at radius 2 is 2.12 bits per heavy atom. The first-order chi connectivity index (χ1) is 7.87. The van der Waals surface area contributed by atoms with Crippen LogP contribution in [0.15, 0.2) is 16.7 Å². The Kier molecular flexibility index (Phi) is 5.02. The van der Waals surface area contributed by atoms with Gasteiger partial charge in [-0.15, -0.1) is 0 Å². The third-order valence-corrected chi connectivity index (χ3v) is 1.93. The Hall–Kier alpha value is -1.01. The molecule has 0 atom stereocenters. The Balaban J connectivity index is 2.31. The Labute approximate surface area is 97.9 Å². The molecule has 0 fully saturated rings. The summed E-state index contributed by atoms with van der Waals surface area (Å²) in [6.07, 6.45) is -2.78. The number of furan rings is 1. The number of nitrogens with one attached hydrogen (secondary N) is 1. The summed E-state index contributed by atoms with van der Waals surface area (Å²) in [5, 5.41) is 3.17. The fourth-order valence-corrected chi connectivity index (χ4v) is 1.18. The summed E-state index contributed by atoms with van der Waals surface area (Å²) in [4.78, 5) is 0. The van der Waals surface area contributed by atoms with E-state index in [4.69, 9.17) is 4.42 Å². The Bertz CT molecular complexity index is 334. The van der Waals surface area contributed by atoms with Crippen LogP contribution in [0.2, 0.25) is 0 Å². The average molecular weight is 251 g/mol. The van der Waals surface area contributed by atoms with Crippen LogP contribution in [0.5, 0.6) is 0 Å². The monoisotopic (exact) mass is 251 g/mol. The zero-order valence-electron chi connectivity index (χ0n) is 9.80. The van der Waals surface area contributed by atoms with Crippen LogP contribution in [-0.2, 0) is 17.9 Å². The SMILES string of the molecule is CC(C)NCc1coc(COCC(F)(F)F)c1. The largest absolute Gasteiger partial charge is 0.467 e. The predicted molar refractivity (Wildman–Crippen MR) is 56.4 cm³/mol. The molecule has 0 amide bonds. The molecule has 0 spiro atoms. The van der Waals surface area contributed by atoms with Crippen molar-refractivity contribution < 1.29 is 22.3 Å². The van der Waals surface area contributed by atoms with Crippen molar-refractivity contribution in [2.45, 2.75) is 39.2 Å². The minimum absolute atomic E-state index is 0.165. The first kappa shape index (κ1) is 14.1. The second kappa shape index (κ2) is 6.07. The highest BCUT2D eigenvalue weighted by molar-refractivity contribution is 5.12. The summed E-state index contributed by atoms with van der Waals surface area (Å²) < 4.78 is 45.0. The first-order valence-corrected chi connectivity index (χ1v) is 5.31. The molecule has 1 aromatic heterocycles. The fraction of sp³-hybridized carbons (Fsp3) is 0.636. The van der Waals surface area contributed by atoms with E-state index in [0.717, 1.165) is 5.56 Å². The van der Waals surface area contributed by atoms with Crippen molar-refractivity contribution in [1.82, 2.24) is 5.32 Å². The van der Waals surface area contributed by atoms with Crippen LogP contribution < -0.4 is 5.32 Å². The molecule has 0 bridgehead atoms. The smallest absolute Gasteiger partial charge is 0.411 e. The van der Waals surface area contributed by atoms with Crippen molar-refractivity contribution in [3.63, 3.8) is 0 Å². The fourth-order valence-electron chi connectivity index (χ4n) is 1.18. The van der Waals surface area contributed by atoms with Crippen LogP contribution >= 0.6 is 0 Å². The molecule has 0 unspecified atom stereocenters. The molecular weight excluding hydrogens is 235 g/mol. The normalized spacial score (nSPS) is 12.4. The van der Waals surface area contributed by atoms with Gasteiger partial charge in [-0.2, -0.15) is 13.2 Å². The second-order valence-corrected chi connectivity index (χ2v) is 4.06. The molecule has 0 aliphatic carbocycles. The number of hydrogen-bond donors (Lipinski definition) is 1. The van der Waals surface area contributed by atoms with Gasteiger partial charge in [-0.3, -0.25) is 0 Å². The van der Waals surface area contributed by atoms with Gasteiger partial charge in [0, 0.05) is 18.2 Å². The van der Waals surface area contributed by atoms with Gasteiger partial charge in [0.15, 0.2) is 0 Å². The lowest BCUT2D eigenvalue weighted by atomic mass is 10.3. The first-order valence-electron chi connectivity index (χ1n) is 5.31. The molecule has 0 aromatic carbocycles. The molecule has 0 saturated carbocycles. The lowest BCUT2D eigenvalue weighted by Crippen LogP contribution is -2.21. The highest BCUT2D eigenvalue weighted by atomic mass is 19.4. The number of rotatable bonds is 6. The van der Waals surface area contributed by atoms with Crippen molar-refractivity contribution in [1.29, 1.82) is 0 Å². The lowest BCUT2D eigenvalue weighted by molar-refractivity contribution is -0.177. The van der Waals surface area contributed by atoms with Crippen LogP contribution in [0.1, 0.15) is 25.2 Å². The molecule has 3 nitrogen and oxygen atoms in total. The Morgan fingerprint density at radius 3 is 2.71 bits per heavy atom. The van der Waals surface area contributed by atoms with Crippen molar-refractivity contribution in [3.05, 3.63) is 23.7 Å². The maximum Gasteiger partial charge on any atom is 0.411 e. The van der Waals surface area contributed by atoms with Crippen LogP contribution in [0, 0.1) is 0 Å². The molecule has 0 radical (unpaired) electrons. The number of ether oxygens (including phenoxy) is 1. The Morgan fingerprint density at radius 1 is 1.41 bits per heavy atom. The van der Waals surface area contributed by atoms with Crippen molar-refractivity contribution >= 4 is 0 Å². The molecule has 1 N–H and O–H groups in total. The zero-order valence-corrected chi connectivity index (χ0v) is 9.80. The number of hydrogen-bond acceptors (Lipinski definition) is 3. The molecule has 1 rings (SSSR count). The number of alkyl halides is 3. The van der Waals surface area contributed by atoms with E-state index in [2.05, 4.69) is 10.1 Å². The van der Waals surface area contributed by atoms with E-state index in [1.165, 1.54) is 6.26 Å². The lowest BCUT2D eigenvalue weighted by Gasteiger charge is -2.05. The van der Waals surface area contributed by atoms with Crippen molar-refractivity contribution in [2.75, 3.05) is 6.61 Å². The molecule has 17 heavy (non-hydrogen) atoms. The van der Waals surface area contributed by atoms with Gasteiger partial charge in [-0.1, -0.05) is 13.8 Å². The van der Waals surface area contributed by atoms with E-state index in [0.29, 0.717) is 18.3 Å². The van der Waals surface area contributed by atoms with E-state index < -0.39 is 12.8 Å². The van der Waals surface area contributed by atoms with Gasteiger partial charge in [0.25, 0.3) is 0 Å². The zero-order chi connectivity index (χ0) is 12.9. The molecule has 0 aliphatic rings.